The van der Waals surface area contributed by atoms with Crippen LogP contribution in [0.1, 0.15) is 27.7 Å². The molecule has 0 amide bonds. The summed E-state index contributed by atoms with van der Waals surface area (Å²) in [5, 5.41) is 0. The third-order valence-electron chi connectivity index (χ3n) is 6.36. The Morgan fingerprint density at radius 2 is 1.33 bits per heavy atom. The van der Waals surface area contributed by atoms with E-state index < -0.39 is 18.3 Å². The molecule has 5 rings (SSSR count). The van der Waals surface area contributed by atoms with Crippen molar-refractivity contribution in [3.63, 3.8) is 0 Å². The molecule has 6 nitrogen and oxygen atoms in total. The molecular weight excluding hydrogens is 411 g/mol. The molecule has 1 aliphatic rings. The second kappa shape index (κ2) is 8.17. The van der Waals surface area contributed by atoms with E-state index >= 15 is 0 Å². The maximum absolute atomic E-state index is 6.24. The number of aromatic nitrogens is 4. The minimum Gasteiger partial charge on any atom is -0.399 e. The van der Waals surface area contributed by atoms with Crippen LogP contribution in [0.3, 0.4) is 0 Å². The van der Waals surface area contributed by atoms with Crippen LogP contribution in [0.4, 0.5) is 0 Å². The van der Waals surface area contributed by atoms with Crippen LogP contribution in [0, 0.1) is 0 Å². The van der Waals surface area contributed by atoms with Crippen LogP contribution in [0.2, 0.25) is 0 Å². The molecule has 4 aromatic rings. The van der Waals surface area contributed by atoms with Crippen molar-refractivity contribution in [1.82, 2.24) is 19.9 Å². The molecule has 2 aromatic carbocycles. The largest absolute Gasteiger partial charge is 0.494 e. The van der Waals surface area contributed by atoms with Gasteiger partial charge in [-0.3, -0.25) is 4.98 Å². The van der Waals surface area contributed by atoms with Crippen LogP contribution in [0.5, 0.6) is 0 Å². The standard InChI is InChI=1S/C26H25BN4O2/c1-25(2)26(3,4)33-27(32-25)19-14-15-28-22(16-19)20-12-8-9-13-21(20)24-30-17-29-23(31-24)18-10-6-5-7-11-18/h5-17H,1-4H3. The molecule has 33 heavy (non-hydrogen) atoms. The van der Waals surface area contributed by atoms with Crippen molar-refractivity contribution in [1.29, 1.82) is 0 Å². The molecule has 0 spiro atoms. The van der Waals surface area contributed by atoms with Gasteiger partial charge in [0.05, 0.1) is 16.9 Å². The average Bonchev–Trinajstić information content (AvgIpc) is 3.06. The van der Waals surface area contributed by atoms with Gasteiger partial charge in [0, 0.05) is 22.9 Å². The lowest BCUT2D eigenvalue weighted by Crippen LogP contribution is -2.41. The van der Waals surface area contributed by atoms with E-state index in [1.54, 1.807) is 12.5 Å². The third-order valence-corrected chi connectivity index (χ3v) is 6.36. The second-order valence-corrected chi connectivity index (χ2v) is 9.11. The number of pyridine rings is 1. The van der Waals surface area contributed by atoms with Crippen molar-refractivity contribution in [2.45, 2.75) is 38.9 Å². The lowest BCUT2D eigenvalue weighted by molar-refractivity contribution is 0.00578. The molecule has 0 unspecified atom stereocenters. The summed E-state index contributed by atoms with van der Waals surface area (Å²) in [7, 11) is -0.453. The molecule has 0 N–H and O–H groups in total. The summed E-state index contributed by atoms with van der Waals surface area (Å²) < 4.78 is 12.5. The highest BCUT2D eigenvalue weighted by Gasteiger charge is 2.51. The molecule has 1 aliphatic heterocycles. The zero-order chi connectivity index (χ0) is 23.1. The fourth-order valence-electron chi connectivity index (χ4n) is 3.77. The van der Waals surface area contributed by atoms with Gasteiger partial charge in [-0.2, -0.15) is 0 Å². The predicted octanol–water partition coefficient (Wildman–Crippen LogP) is 4.57. The van der Waals surface area contributed by atoms with Gasteiger partial charge in [0.15, 0.2) is 11.6 Å². The van der Waals surface area contributed by atoms with E-state index in [1.807, 2.05) is 66.7 Å². The number of benzene rings is 2. The van der Waals surface area contributed by atoms with Crippen molar-refractivity contribution in [2.75, 3.05) is 0 Å². The molecule has 0 atom stereocenters. The van der Waals surface area contributed by atoms with Gasteiger partial charge in [0.1, 0.15) is 6.33 Å². The summed E-state index contributed by atoms with van der Waals surface area (Å²) in [6.07, 6.45) is 3.34. The highest BCUT2D eigenvalue weighted by Crippen LogP contribution is 2.37. The van der Waals surface area contributed by atoms with Gasteiger partial charge in [-0.15, -0.1) is 0 Å². The Hall–Kier alpha value is -3.42. The summed E-state index contributed by atoms with van der Waals surface area (Å²) >= 11 is 0. The van der Waals surface area contributed by atoms with Crippen LogP contribution in [0.25, 0.3) is 34.0 Å². The first-order valence-corrected chi connectivity index (χ1v) is 11.0. The SMILES string of the molecule is CC1(C)OB(c2ccnc(-c3ccccc3-c3ncnc(-c4ccccc4)n3)c2)OC1(C)C. The summed E-state index contributed by atoms with van der Waals surface area (Å²) in [5.41, 5.74) is 3.68. The number of nitrogens with zero attached hydrogens (tertiary/aromatic N) is 4. The maximum Gasteiger partial charge on any atom is 0.494 e. The Kier molecular flexibility index (Phi) is 5.31. The van der Waals surface area contributed by atoms with Gasteiger partial charge in [-0.25, -0.2) is 15.0 Å². The molecule has 0 aliphatic carbocycles. The minimum absolute atomic E-state index is 0.405. The molecule has 1 fully saturated rings. The van der Waals surface area contributed by atoms with E-state index in [-0.39, 0.29) is 0 Å². The molecule has 3 heterocycles. The molecule has 2 aromatic heterocycles. The Morgan fingerprint density at radius 1 is 0.697 bits per heavy atom. The Bertz CT molecular complexity index is 1280. The van der Waals surface area contributed by atoms with Crippen LogP contribution in [-0.2, 0) is 9.31 Å². The molecule has 164 valence electrons. The van der Waals surface area contributed by atoms with Crippen LogP contribution < -0.4 is 5.46 Å². The summed E-state index contributed by atoms with van der Waals surface area (Å²) in [6, 6.07) is 21.8. The zero-order valence-electron chi connectivity index (χ0n) is 19.2. The average molecular weight is 436 g/mol. The second-order valence-electron chi connectivity index (χ2n) is 9.11. The lowest BCUT2D eigenvalue weighted by atomic mass is 9.79. The van der Waals surface area contributed by atoms with Crippen LogP contribution >= 0.6 is 0 Å². The first-order chi connectivity index (χ1) is 15.8. The first-order valence-electron chi connectivity index (χ1n) is 11.0. The quantitative estimate of drug-likeness (QED) is 0.437. The Labute approximate surface area is 194 Å². The van der Waals surface area contributed by atoms with E-state index in [9.17, 15) is 0 Å². The summed E-state index contributed by atoms with van der Waals surface area (Å²) in [5.74, 6) is 1.23. The van der Waals surface area contributed by atoms with E-state index in [4.69, 9.17) is 14.3 Å². The molecule has 1 saturated heterocycles. The number of hydrogen-bond donors (Lipinski definition) is 0. The van der Waals surface area contributed by atoms with E-state index in [2.05, 4.69) is 42.6 Å². The van der Waals surface area contributed by atoms with Gasteiger partial charge >= 0.3 is 7.12 Å². The van der Waals surface area contributed by atoms with Gasteiger partial charge in [0.2, 0.25) is 0 Å². The highest BCUT2D eigenvalue weighted by atomic mass is 16.7. The zero-order valence-corrected chi connectivity index (χ0v) is 19.2. The van der Waals surface area contributed by atoms with Crippen molar-refractivity contribution >= 4 is 12.6 Å². The fraction of sp³-hybridized carbons (Fsp3) is 0.231. The van der Waals surface area contributed by atoms with E-state index in [1.165, 1.54) is 0 Å². The van der Waals surface area contributed by atoms with Crippen LogP contribution in [-0.4, -0.2) is 38.3 Å². The van der Waals surface area contributed by atoms with E-state index in [0.29, 0.717) is 11.6 Å². The lowest BCUT2D eigenvalue weighted by Gasteiger charge is -2.32. The minimum atomic E-state index is -0.453. The molecular formula is C26H25BN4O2. The summed E-state index contributed by atoms with van der Waals surface area (Å²) in [6.45, 7) is 8.20. The molecule has 0 saturated carbocycles. The van der Waals surface area contributed by atoms with Gasteiger partial charge in [-0.1, -0.05) is 54.6 Å². The highest BCUT2D eigenvalue weighted by molar-refractivity contribution is 6.62. The van der Waals surface area contributed by atoms with Crippen molar-refractivity contribution < 1.29 is 9.31 Å². The van der Waals surface area contributed by atoms with E-state index in [0.717, 1.165) is 27.8 Å². The molecule has 7 heteroatoms. The van der Waals surface area contributed by atoms with Gasteiger partial charge in [-0.05, 0) is 45.3 Å². The maximum atomic E-state index is 6.24. The van der Waals surface area contributed by atoms with Gasteiger partial charge < -0.3 is 9.31 Å². The normalized spacial score (nSPS) is 16.7. The van der Waals surface area contributed by atoms with Crippen molar-refractivity contribution in [3.8, 4) is 34.0 Å². The molecule has 0 bridgehead atoms. The summed E-state index contributed by atoms with van der Waals surface area (Å²) in [4.78, 5) is 18.2. The Balaban J connectivity index is 1.53. The topological polar surface area (TPSA) is 70.0 Å². The first kappa shape index (κ1) is 21.4. The monoisotopic (exact) mass is 436 g/mol. The number of rotatable bonds is 4. The number of hydrogen-bond acceptors (Lipinski definition) is 6. The van der Waals surface area contributed by atoms with Crippen molar-refractivity contribution in [3.05, 3.63) is 79.3 Å². The van der Waals surface area contributed by atoms with Crippen LogP contribution in [0.15, 0.2) is 79.3 Å². The van der Waals surface area contributed by atoms with Crippen molar-refractivity contribution in [2.24, 2.45) is 0 Å². The predicted molar refractivity (Wildman–Crippen MR) is 130 cm³/mol. The van der Waals surface area contributed by atoms with Gasteiger partial charge in [0.25, 0.3) is 0 Å². The third kappa shape index (κ3) is 4.05. The fourth-order valence-corrected chi connectivity index (χ4v) is 3.77. The smallest absolute Gasteiger partial charge is 0.399 e. The molecule has 0 radical (unpaired) electrons. The Morgan fingerprint density at radius 3 is 2.06 bits per heavy atom.